The van der Waals surface area contributed by atoms with Crippen molar-refractivity contribution in [3.05, 3.63) is 42.0 Å². The number of rotatable bonds is 6. The Morgan fingerprint density at radius 1 is 1.46 bits per heavy atom. The van der Waals surface area contributed by atoms with E-state index >= 15 is 0 Å². The first-order valence-corrected chi connectivity index (χ1v) is 10.4. The number of carboxylic acids is 1. The number of fused-ring (bicyclic) bond motifs is 2. The zero-order valence-electron chi connectivity index (χ0n) is 14.7. The van der Waals surface area contributed by atoms with E-state index in [1.54, 1.807) is 11.8 Å². The summed E-state index contributed by atoms with van der Waals surface area (Å²) in [4.78, 5) is 24.9. The average Bonchev–Trinajstić information content (AvgIpc) is 3.07. The quantitative estimate of drug-likeness (QED) is 0.215. The van der Waals surface area contributed by atoms with Gasteiger partial charge in [0.25, 0.3) is 0 Å². The maximum absolute atomic E-state index is 12.0. The number of hydrogen-bond donors (Lipinski definition) is 2. The minimum absolute atomic E-state index is 0. The second-order valence-electron chi connectivity index (χ2n) is 6.31. The molecule has 1 saturated heterocycles. The van der Waals surface area contributed by atoms with E-state index in [0.29, 0.717) is 23.6 Å². The van der Waals surface area contributed by atoms with Crippen molar-refractivity contribution >= 4 is 64.9 Å². The summed E-state index contributed by atoms with van der Waals surface area (Å²) >= 11 is 3.04. The van der Waals surface area contributed by atoms with Crippen LogP contribution in [0.15, 0.2) is 47.0 Å². The molecule has 0 saturated carbocycles. The van der Waals surface area contributed by atoms with Gasteiger partial charge in [0.1, 0.15) is 16.9 Å². The molecule has 2 aliphatic rings. The van der Waals surface area contributed by atoms with Crippen LogP contribution in [0.25, 0.3) is 5.52 Å². The van der Waals surface area contributed by atoms with E-state index in [0.717, 1.165) is 10.5 Å². The fourth-order valence-electron chi connectivity index (χ4n) is 3.35. The summed E-state index contributed by atoms with van der Waals surface area (Å²) in [6.45, 7) is 0.464. The molecule has 28 heavy (non-hydrogen) atoms. The Hall–Kier alpha value is -1.28. The summed E-state index contributed by atoms with van der Waals surface area (Å²) in [6.07, 6.45) is 5.68. The fourth-order valence-corrected chi connectivity index (χ4v) is 5.40. The Labute approximate surface area is 186 Å². The Bertz CT molecular complexity index is 964. The largest absolute Gasteiger partial charge is 0.543 e. The second-order valence-corrected chi connectivity index (χ2v) is 8.53. The van der Waals surface area contributed by atoms with Crippen LogP contribution in [0.3, 0.4) is 0 Å². The molecule has 2 aromatic rings. The number of carbonyl (C=O) groups excluding carboxylic acids is 2. The van der Waals surface area contributed by atoms with Crippen LogP contribution in [0.1, 0.15) is 0 Å². The third-order valence-electron chi connectivity index (χ3n) is 4.61. The Morgan fingerprint density at radius 3 is 2.96 bits per heavy atom. The first-order valence-electron chi connectivity index (χ1n) is 8.38. The minimum atomic E-state index is -1.34. The summed E-state index contributed by atoms with van der Waals surface area (Å²) in [7, 11) is 0. The van der Waals surface area contributed by atoms with Crippen LogP contribution < -0.4 is 15.4 Å². The molecule has 4 heterocycles. The molecule has 11 heteroatoms. The number of halogens is 1. The van der Waals surface area contributed by atoms with Gasteiger partial charge in [-0.15, -0.1) is 47.5 Å². The third-order valence-corrected chi connectivity index (χ3v) is 6.99. The highest BCUT2D eigenvalue weighted by molar-refractivity contribution is 14.0. The van der Waals surface area contributed by atoms with E-state index in [1.807, 2.05) is 39.7 Å². The van der Waals surface area contributed by atoms with Gasteiger partial charge >= 0.3 is 0 Å². The number of nitrogens with two attached hydrogens (primary N) is 1. The molecular weight excluding hydrogens is 515 g/mol. The lowest BCUT2D eigenvalue weighted by Crippen LogP contribution is -2.69. The monoisotopic (exact) mass is 534 g/mol. The molecule has 0 spiro atoms. The summed E-state index contributed by atoms with van der Waals surface area (Å²) in [5.41, 5.74) is 7.30. The maximum atomic E-state index is 12.0. The van der Waals surface area contributed by atoms with Gasteiger partial charge < -0.3 is 25.1 Å². The number of aliphatic hydroxyl groups is 1. The first-order chi connectivity index (χ1) is 13.0. The molecule has 8 nitrogen and oxygen atoms in total. The van der Waals surface area contributed by atoms with Crippen molar-refractivity contribution in [1.29, 1.82) is 0 Å². The van der Waals surface area contributed by atoms with Crippen molar-refractivity contribution in [2.75, 3.05) is 18.1 Å². The van der Waals surface area contributed by atoms with Crippen molar-refractivity contribution in [3.8, 4) is 0 Å². The Kier molecular flexibility index (Phi) is 6.59. The highest BCUT2D eigenvalue weighted by Crippen LogP contribution is 2.39. The molecule has 1 amide bonds. The normalized spacial score (nSPS) is 21.4. The van der Waals surface area contributed by atoms with Crippen LogP contribution in [0.2, 0.25) is 0 Å². The van der Waals surface area contributed by atoms with Gasteiger partial charge in [0, 0.05) is 17.1 Å². The molecule has 0 radical (unpaired) electrons. The molecule has 2 atom stereocenters. The van der Waals surface area contributed by atoms with Crippen LogP contribution in [0.4, 0.5) is 0 Å². The third kappa shape index (κ3) is 3.65. The number of aliphatic hydroxyl groups excluding tert-OH is 1. The lowest BCUT2D eigenvalue weighted by atomic mass is 10.0. The van der Waals surface area contributed by atoms with Crippen LogP contribution in [0.5, 0.6) is 0 Å². The van der Waals surface area contributed by atoms with E-state index in [-0.39, 0.29) is 47.6 Å². The summed E-state index contributed by atoms with van der Waals surface area (Å²) < 4.78 is 3.90. The summed E-state index contributed by atoms with van der Waals surface area (Å²) in [5.74, 6) is -0.612. The number of carboxylic acid groups (broad SMARTS) is 1. The maximum Gasteiger partial charge on any atom is 0.248 e. The highest BCUT2D eigenvalue weighted by Gasteiger charge is 2.50. The molecule has 1 fully saturated rings. The number of nitrogens with zero attached hydrogens (tertiary/aromatic N) is 3. The number of β-lactam (4-membered cyclic amide) rings is 1. The molecule has 4 rings (SSSR count). The summed E-state index contributed by atoms with van der Waals surface area (Å²) in [6, 6.07) is 3.30. The molecule has 1 unspecified atom stereocenters. The summed E-state index contributed by atoms with van der Waals surface area (Å²) in [5, 5.41) is 21.4. The second kappa shape index (κ2) is 8.61. The number of amides is 1. The topological polar surface area (TPSA) is 115 Å². The van der Waals surface area contributed by atoms with Crippen LogP contribution >= 0.6 is 47.5 Å². The van der Waals surface area contributed by atoms with Crippen LogP contribution in [-0.2, 0) is 16.1 Å². The molecule has 2 aromatic heterocycles. The van der Waals surface area contributed by atoms with Gasteiger partial charge in [-0.3, -0.25) is 9.69 Å². The lowest BCUT2D eigenvalue weighted by Gasteiger charge is -2.49. The van der Waals surface area contributed by atoms with Crippen molar-refractivity contribution in [2.45, 2.75) is 23.0 Å². The predicted molar refractivity (Wildman–Crippen MR) is 114 cm³/mol. The molecule has 3 N–H and O–H groups in total. The van der Waals surface area contributed by atoms with Crippen molar-refractivity contribution in [1.82, 2.24) is 9.30 Å². The number of aliphatic carboxylic acids is 1. The van der Waals surface area contributed by atoms with Gasteiger partial charge in [0.2, 0.25) is 5.91 Å². The van der Waals surface area contributed by atoms with Crippen molar-refractivity contribution in [2.24, 2.45) is 5.73 Å². The number of aromatic nitrogens is 2. The fraction of sp³-hybridized carbons (Fsp3) is 0.353. The minimum Gasteiger partial charge on any atom is -0.543 e. The van der Waals surface area contributed by atoms with Crippen molar-refractivity contribution < 1.29 is 24.4 Å². The van der Waals surface area contributed by atoms with E-state index in [2.05, 4.69) is 0 Å². The number of carbonyl (C=O) groups is 2. The zero-order valence-corrected chi connectivity index (χ0v) is 18.6. The zero-order chi connectivity index (χ0) is 19.1. The van der Waals surface area contributed by atoms with E-state index in [1.165, 1.54) is 16.7 Å². The average molecular weight is 534 g/mol. The highest BCUT2D eigenvalue weighted by atomic mass is 127. The van der Waals surface area contributed by atoms with Crippen LogP contribution in [-0.4, -0.2) is 55.8 Å². The molecule has 0 bridgehead atoms. The Morgan fingerprint density at radius 2 is 2.25 bits per heavy atom. The van der Waals surface area contributed by atoms with Gasteiger partial charge in [-0.1, -0.05) is 0 Å². The van der Waals surface area contributed by atoms with E-state index < -0.39 is 12.0 Å². The molecule has 2 aliphatic heterocycles. The first kappa shape index (κ1) is 21.4. The van der Waals surface area contributed by atoms with Gasteiger partial charge in [0.15, 0.2) is 18.9 Å². The lowest BCUT2D eigenvalue weighted by molar-refractivity contribution is -0.688. The van der Waals surface area contributed by atoms with E-state index in [4.69, 9.17) is 10.8 Å². The number of thioether (sulfide) groups is 2. The molecule has 0 aromatic carbocycles. The van der Waals surface area contributed by atoms with Crippen molar-refractivity contribution in [3.63, 3.8) is 0 Å². The van der Waals surface area contributed by atoms with Crippen LogP contribution in [0, 0.1) is 0 Å². The van der Waals surface area contributed by atoms with Gasteiger partial charge in [-0.05, 0) is 12.1 Å². The smallest absolute Gasteiger partial charge is 0.248 e. The molecule has 150 valence electrons. The number of hydrogen-bond acceptors (Lipinski definition) is 7. The van der Waals surface area contributed by atoms with Gasteiger partial charge in [-0.25, -0.2) is 0 Å². The van der Waals surface area contributed by atoms with Gasteiger partial charge in [0.05, 0.1) is 29.5 Å². The van der Waals surface area contributed by atoms with E-state index in [9.17, 15) is 14.7 Å². The van der Waals surface area contributed by atoms with Gasteiger partial charge in [-0.2, -0.15) is 4.57 Å². The molecular formula is C17H19IN4O4S2. The molecule has 0 aliphatic carbocycles. The SMILES string of the molecule is I.NC1C(=O)N2C(C(=O)[O-])=C(C[n+]3ccn4c(SCCO)ccc4c3)CS[C@H]12. The predicted octanol–water partition coefficient (Wildman–Crippen LogP) is -0.824. The Balaban J connectivity index is 0.00000225. The standard InChI is InChI=1S/C17H18N4O4S2.HI/c18-13-15(23)21-14(17(24)25)10(9-27-16(13)21)7-19-3-4-20-11(8-19)1-2-12(20)26-6-5-22;/h1-4,8,13,16,22H,5-7,9,18H2;1H/t13?,16-;/m1./s1.